The first-order valence-electron chi connectivity index (χ1n) is 9.74. The van der Waals surface area contributed by atoms with Crippen LogP contribution in [0.5, 0.6) is 0 Å². The van der Waals surface area contributed by atoms with Crippen LogP contribution in [-0.2, 0) is 6.54 Å². The standard InChI is InChI=1S/C23H24N4/c1-14(2)16-5-3-15(4-6-16)13-27-12-11-18-20(27)10-9-19-21(18)22(24)26-23(25-19)17-7-8-17/h3-6,9-12,14,17H,7-8,13H2,1-2H3,(H2,24,25,26). The third kappa shape index (κ3) is 2.85. The van der Waals surface area contributed by atoms with Crippen LogP contribution in [0.2, 0.25) is 0 Å². The summed E-state index contributed by atoms with van der Waals surface area (Å²) < 4.78 is 2.27. The molecule has 1 fully saturated rings. The van der Waals surface area contributed by atoms with Crippen LogP contribution < -0.4 is 5.73 Å². The number of nitrogen functional groups attached to an aromatic ring is 1. The molecule has 0 saturated heterocycles. The fourth-order valence-corrected chi connectivity index (χ4v) is 3.82. The number of anilines is 1. The van der Waals surface area contributed by atoms with E-state index in [2.05, 4.69) is 72.1 Å². The fourth-order valence-electron chi connectivity index (χ4n) is 3.82. The molecule has 0 atom stereocenters. The predicted molar refractivity (Wildman–Crippen MR) is 111 cm³/mol. The van der Waals surface area contributed by atoms with Crippen molar-refractivity contribution in [3.63, 3.8) is 0 Å². The molecule has 2 N–H and O–H groups in total. The van der Waals surface area contributed by atoms with Gasteiger partial charge in [-0.15, -0.1) is 0 Å². The van der Waals surface area contributed by atoms with Gasteiger partial charge in [0.1, 0.15) is 11.6 Å². The Morgan fingerprint density at radius 2 is 1.81 bits per heavy atom. The lowest BCUT2D eigenvalue weighted by Crippen LogP contribution is -2.01. The number of aromatic nitrogens is 3. The first-order chi connectivity index (χ1) is 13.1. The number of nitrogens with two attached hydrogens (primary N) is 1. The minimum Gasteiger partial charge on any atom is -0.383 e. The molecule has 0 bridgehead atoms. The number of fused-ring (bicyclic) bond motifs is 3. The lowest BCUT2D eigenvalue weighted by Gasteiger charge is -2.10. The number of rotatable bonds is 4. The third-order valence-corrected chi connectivity index (χ3v) is 5.60. The van der Waals surface area contributed by atoms with Gasteiger partial charge >= 0.3 is 0 Å². The van der Waals surface area contributed by atoms with E-state index in [-0.39, 0.29) is 0 Å². The second kappa shape index (κ2) is 6.08. The van der Waals surface area contributed by atoms with Crippen molar-refractivity contribution in [1.82, 2.24) is 14.5 Å². The van der Waals surface area contributed by atoms with Crippen molar-refractivity contribution in [2.24, 2.45) is 0 Å². The van der Waals surface area contributed by atoms with Crippen molar-refractivity contribution in [3.05, 3.63) is 65.6 Å². The largest absolute Gasteiger partial charge is 0.383 e. The fraction of sp³-hybridized carbons (Fsp3) is 0.304. The van der Waals surface area contributed by atoms with E-state index in [1.807, 2.05) is 0 Å². The Labute approximate surface area is 159 Å². The first kappa shape index (κ1) is 16.3. The molecule has 5 rings (SSSR count). The van der Waals surface area contributed by atoms with Gasteiger partial charge in [0.15, 0.2) is 0 Å². The zero-order valence-electron chi connectivity index (χ0n) is 15.8. The molecule has 0 aliphatic heterocycles. The molecule has 2 heterocycles. The molecule has 0 radical (unpaired) electrons. The van der Waals surface area contributed by atoms with Crippen LogP contribution in [0.1, 0.15) is 55.5 Å². The first-order valence-corrected chi connectivity index (χ1v) is 9.74. The van der Waals surface area contributed by atoms with Crippen LogP contribution in [0, 0.1) is 0 Å². The monoisotopic (exact) mass is 356 g/mol. The molecule has 2 aromatic carbocycles. The zero-order valence-corrected chi connectivity index (χ0v) is 15.8. The van der Waals surface area contributed by atoms with Gasteiger partial charge in [-0.3, -0.25) is 0 Å². The highest BCUT2D eigenvalue weighted by atomic mass is 15.0. The molecule has 4 heteroatoms. The maximum absolute atomic E-state index is 6.34. The van der Waals surface area contributed by atoms with Crippen molar-refractivity contribution >= 4 is 27.6 Å². The summed E-state index contributed by atoms with van der Waals surface area (Å²) in [5.74, 6) is 2.57. The Bertz CT molecular complexity index is 1130. The second-order valence-electron chi connectivity index (χ2n) is 7.97. The van der Waals surface area contributed by atoms with Crippen molar-refractivity contribution in [2.45, 2.75) is 45.1 Å². The Kier molecular flexibility index (Phi) is 3.67. The average molecular weight is 356 g/mol. The Hall–Kier alpha value is -2.88. The van der Waals surface area contributed by atoms with Crippen molar-refractivity contribution in [1.29, 1.82) is 0 Å². The van der Waals surface area contributed by atoms with E-state index in [0.29, 0.717) is 17.7 Å². The third-order valence-electron chi connectivity index (χ3n) is 5.60. The SMILES string of the molecule is CC(C)c1ccc(Cn2ccc3c4c(N)nc(C5CC5)nc4ccc32)cc1. The van der Waals surface area contributed by atoms with E-state index in [1.54, 1.807) is 0 Å². The van der Waals surface area contributed by atoms with Crippen LogP contribution in [0.15, 0.2) is 48.7 Å². The molecule has 2 aromatic heterocycles. The van der Waals surface area contributed by atoms with Crippen LogP contribution in [0.3, 0.4) is 0 Å². The summed E-state index contributed by atoms with van der Waals surface area (Å²) in [6, 6.07) is 15.3. The van der Waals surface area contributed by atoms with Crippen LogP contribution >= 0.6 is 0 Å². The molecule has 1 aliphatic rings. The quantitative estimate of drug-likeness (QED) is 0.546. The number of hydrogen-bond donors (Lipinski definition) is 1. The van der Waals surface area contributed by atoms with Crippen LogP contribution in [0.4, 0.5) is 5.82 Å². The Morgan fingerprint density at radius 3 is 2.52 bits per heavy atom. The second-order valence-corrected chi connectivity index (χ2v) is 7.97. The van der Waals surface area contributed by atoms with E-state index in [0.717, 1.165) is 28.7 Å². The average Bonchev–Trinajstić information content (AvgIpc) is 3.44. The molecule has 0 spiro atoms. The summed E-state index contributed by atoms with van der Waals surface area (Å²) in [5.41, 5.74) is 11.1. The van der Waals surface area contributed by atoms with Crippen molar-refractivity contribution < 1.29 is 0 Å². The van der Waals surface area contributed by atoms with Gasteiger partial charge in [-0.1, -0.05) is 38.1 Å². The maximum atomic E-state index is 6.34. The normalized spacial score (nSPS) is 14.5. The minimum absolute atomic E-state index is 0.505. The highest BCUT2D eigenvalue weighted by molar-refractivity contribution is 6.10. The molecule has 27 heavy (non-hydrogen) atoms. The van der Waals surface area contributed by atoms with Gasteiger partial charge in [0, 0.05) is 29.6 Å². The number of hydrogen-bond acceptors (Lipinski definition) is 3. The smallest absolute Gasteiger partial charge is 0.135 e. The molecule has 1 saturated carbocycles. The van der Waals surface area contributed by atoms with Gasteiger partial charge in [0.25, 0.3) is 0 Å². The molecule has 4 aromatic rings. The van der Waals surface area contributed by atoms with Crippen molar-refractivity contribution in [2.75, 3.05) is 5.73 Å². The van der Waals surface area contributed by atoms with E-state index in [4.69, 9.17) is 10.7 Å². The Balaban J connectivity index is 1.55. The van der Waals surface area contributed by atoms with E-state index in [9.17, 15) is 0 Å². The highest BCUT2D eigenvalue weighted by Gasteiger charge is 2.27. The maximum Gasteiger partial charge on any atom is 0.135 e. The molecule has 0 unspecified atom stereocenters. The number of benzene rings is 2. The summed E-state index contributed by atoms with van der Waals surface area (Å²) in [7, 11) is 0. The summed E-state index contributed by atoms with van der Waals surface area (Å²) in [5, 5.41) is 2.11. The number of nitrogens with zero attached hydrogens (tertiary/aromatic N) is 3. The van der Waals surface area contributed by atoms with Gasteiger partial charge < -0.3 is 10.3 Å². The predicted octanol–water partition coefficient (Wildman–Crippen LogP) is 5.22. The lowest BCUT2D eigenvalue weighted by atomic mass is 10.0. The van der Waals surface area contributed by atoms with Gasteiger partial charge in [-0.2, -0.15) is 0 Å². The zero-order chi connectivity index (χ0) is 18.5. The molecule has 136 valence electrons. The van der Waals surface area contributed by atoms with Gasteiger partial charge in [0.05, 0.1) is 10.9 Å². The van der Waals surface area contributed by atoms with Crippen molar-refractivity contribution in [3.8, 4) is 0 Å². The molecule has 0 amide bonds. The molecule has 4 nitrogen and oxygen atoms in total. The molecular weight excluding hydrogens is 332 g/mol. The highest BCUT2D eigenvalue weighted by Crippen LogP contribution is 2.40. The molecular formula is C23H24N4. The lowest BCUT2D eigenvalue weighted by molar-refractivity contribution is 0.829. The Morgan fingerprint density at radius 1 is 1.04 bits per heavy atom. The van der Waals surface area contributed by atoms with E-state index in [1.165, 1.54) is 29.5 Å². The summed E-state index contributed by atoms with van der Waals surface area (Å²) in [6.07, 6.45) is 4.49. The molecule has 1 aliphatic carbocycles. The minimum atomic E-state index is 0.505. The summed E-state index contributed by atoms with van der Waals surface area (Å²) in [6.45, 7) is 5.29. The van der Waals surface area contributed by atoms with Crippen LogP contribution in [-0.4, -0.2) is 14.5 Å². The van der Waals surface area contributed by atoms with E-state index < -0.39 is 0 Å². The van der Waals surface area contributed by atoms with Gasteiger partial charge in [-0.25, -0.2) is 9.97 Å². The topological polar surface area (TPSA) is 56.7 Å². The van der Waals surface area contributed by atoms with Crippen LogP contribution in [0.25, 0.3) is 21.8 Å². The summed E-state index contributed by atoms with van der Waals surface area (Å²) >= 11 is 0. The van der Waals surface area contributed by atoms with Gasteiger partial charge in [-0.05, 0) is 48.1 Å². The van der Waals surface area contributed by atoms with E-state index >= 15 is 0 Å². The summed E-state index contributed by atoms with van der Waals surface area (Å²) in [4.78, 5) is 9.36. The van der Waals surface area contributed by atoms with Gasteiger partial charge in [0.2, 0.25) is 0 Å².